The average Bonchev–Trinajstić information content (AvgIpc) is 3.12. The van der Waals surface area contributed by atoms with Crippen LogP contribution in [0.3, 0.4) is 0 Å². The van der Waals surface area contributed by atoms with Crippen LogP contribution in [0.2, 0.25) is 0 Å². The van der Waals surface area contributed by atoms with Crippen LogP contribution in [0.5, 0.6) is 0 Å². The van der Waals surface area contributed by atoms with Gasteiger partial charge in [-0.2, -0.15) is 14.9 Å². The summed E-state index contributed by atoms with van der Waals surface area (Å²) < 4.78 is 3.74. The Labute approximate surface area is 191 Å². The molecule has 8 heteroatoms. The quantitative estimate of drug-likeness (QED) is 0.360. The van der Waals surface area contributed by atoms with Gasteiger partial charge in [0.25, 0.3) is 0 Å². The van der Waals surface area contributed by atoms with E-state index in [2.05, 4.69) is 53.2 Å². The van der Waals surface area contributed by atoms with Gasteiger partial charge in [0.15, 0.2) is 5.82 Å². The largest absolute Gasteiger partial charge is 0.332 e. The van der Waals surface area contributed by atoms with E-state index in [0.29, 0.717) is 33.7 Å². The van der Waals surface area contributed by atoms with Crippen LogP contribution in [0.1, 0.15) is 44.5 Å². The van der Waals surface area contributed by atoms with Gasteiger partial charge in [0.1, 0.15) is 5.65 Å². The SMILES string of the molecule is CCn1cc(-c2n[nH]c(=S)n2/N=C/c2ccc(C(C)(C)C)cc2)c(=O)c2ccc(C)nc21. The Morgan fingerprint density at radius 2 is 1.88 bits per heavy atom. The second-order valence-electron chi connectivity index (χ2n) is 8.76. The number of aromatic amines is 1. The third kappa shape index (κ3) is 4.05. The van der Waals surface area contributed by atoms with Crippen molar-refractivity contribution >= 4 is 29.5 Å². The van der Waals surface area contributed by atoms with E-state index in [1.165, 1.54) is 10.2 Å². The lowest BCUT2D eigenvalue weighted by Gasteiger charge is -2.18. The maximum Gasteiger partial charge on any atom is 0.216 e. The first-order valence-electron chi connectivity index (χ1n) is 10.5. The zero-order valence-corrected chi connectivity index (χ0v) is 19.7. The Morgan fingerprint density at radius 1 is 1.16 bits per heavy atom. The molecule has 0 aliphatic carbocycles. The minimum absolute atomic E-state index is 0.0819. The van der Waals surface area contributed by atoms with Gasteiger partial charge >= 0.3 is 0 Å². The highest BCUT2D eigenvalue weighted by atomic mass is 32.1. The van der Waals surface area contributed by atoms with Gasteiger partial charge in [-0.1, -0.05) is 45.0 Å². The topological polar surface area (TPSA) is 80.9 Å². The molecular formula is C24H26N6OS. The molecule has 0 amide bonds. The lowest BCUT2D eigenvalue weighted by molar-refractivity contribution is 0.590. The minimum Gasteiger partial charge on any atom is -0.332 e. The predicted octanol–water partition coefficient (Wildman–Crippen LogP) is 4.83. The number of benzene rings is 1. The summed E-state index contributed by atoms with van der Waals surface area (Å²) in [6.45, 7) is 11.1. The molecule has 0 atom stereocenters. The summed E-state index contributed by atoms with van der Waals surface area (Å²) in [5.41, 5.74) is 4.03. The van der Waals surface area contributed by atoms with Crippen molar-refractivity contribution in [1.82, 2.24) is 24.4 Å². The Balaban J connectivity index is 1.80. The van der Waals surface area contributed by atoms with Crippen molar-refractivity contribution in [2.75, 3.05) is 0 Å². The van der Waals surface area contributed by atoms with Crippen molar-refractivity contribution < 1.29 is 0 Å². The standard InChI is InChI=1S/C24H26N6OS/c1-6-29-14-19(20(31)18-12-7-15(2)26-21(18)29)22-27-28-23(32)30(22)25-13-16-8-10-17(11-9-16)24(3,4)5/h7-14H,6H2,1-5H3,(H,28,32)/b25-13+. The number of H-pyrrole nitrogens is 1. The third-order valence-corrected chi connectivity index (χ3v) is 5.66. The van der Waals surface area contributed by atoms with Crippen LogP contribution in [0.4, 0.5) is 0 Å². The molecule has 4 aromatic rings. The number of nitrogens with one attached hydrogen (secondary N) is 1. The van der Waals surface area contributed by atoms with Crippen LogP contribution < -0.4 is 5.43 Å². The smallest absolute Gasteiger partial charge is 0.216 e. The van der Waals surface area contributed by atoms with Crippen LogP contribution in [0.25, 0.3) is 22.4 Å². The van der Waals surface area contributed by atoms with Gasteiger partial charge in [0, 0.05) is 18.4 Å². The molecule has 32 heavy (non-hydrogen) atoms. The molecule has 0 unspecified atom stereocenters. The van der Waals surface area contributed by atoms with Gasteiger partial charge in [-0.25, -0.2) is 10.1 Å². The van der Waals surface area contributed by atoms with Gasteiger partial charge in [-0.3, -0.25) is 4.79 Å². The molecule has 0 aliphatic heterocycles. The van der Waals surface area contributed by atoms with Gasteiger partial charge < -0.3 is 4.57 Å². The molecule has 0 bridgehead atoms. The van der Waals surface area contributed by atoms with Crippen LogP contribution in [-0.2, 0) is 12.0 Å². The molecule has 0 fully saturated rings. The number of rotatable bonds is 4. The van der Waals surface area contributed by atoms with Gasteiger partial charge in [0.2, 0.25) is 10.2 Å². The molecule has 0 aliphatic rings. The fourth-order valence-corrected chi connectivity index (χ4v) is 3.71. The van der Waals surface area contributed by atoms with Crippen LogP contribution >= 0.6 is 12.2 Å². The fourth-order valence-electron chi connectivity index (χ4n) is 3.53. The van der Waals surface area contributed by atoms with E-state index in [1.807, 2.05) is 36.6 Å². The lowest BCUT2D eigenvalue weighted by atomic mass is 9.87. The summed E-state index contributed by atoms with van der Waals surface area (Å²) in [4.78, 5) is 17.8. The number of nitrogens with zero attached hydrogens (tertiary/aromatic N) is 5. The molecule has 0 radical (unpaired) electrons. The van der Waals surface area contributed by atoms with Crippen LogP contribution in [0.15, 0.2) is 52.5 Å². The summed E-state index contributed by atoms with van der Waals surface area (Å²) in [6.07, 6.45) is 3.48. The van der Waals surface area contributed by atoms with E-state index in [-0.39, 0.29) is 10.8 Å². The van der Waals surface area contributed by atoms with Gasteiger partial charge in [-0.15, -0.1) is 0 Å². The Bertz CT molecular complexity index is 1430. The van der Waals surface area contributed by atoms with Crippen molar-refractivity contribution in [3.05, 3.63) is 74.4 Å². The van der Waals surface area contributed by atoms with Gasteiger partial charge in [0.05, 0.1) is 17.2 Å². The first-order chi connectivity index (χ1) is 15.2. The number of hydrogen-bond donors (Lipinski definition) is 1. The molecule has 1 N–H and O–H groups in total. The first-order valence-corrected chi connectivity index (χ1v) is 10.9. The van der Waals surface area contributed by atoms with Crippen molar-refractivity contribution in [2.24, 2.45) is 5.10 Å². The first kappa shape index (κ1) is 21.8. The van der Waals surface area contributed by atoms with Crippen molar-refractivity contribution in [3.8, 4) is 11.4 Å². The number of hydrogen-bond acceptors (Lipinski definition) is 5. The zero-order chi connectivity index (χ0) is 23.0. The Morgan fingerprint density at radius 3 is 2.53 bits per heavy atom. The second kappa shape index (κ2) is 8.27. The molecule has 4 rings (SSSR count). The van der Waals surface area contributed by atoms with E-state index in [0.717, 1.165) is 11.3 Å². The molecule has 1 aromatic carbocycles. The van der Waals surface area contributed by atoms with Crippen molar-refractivity contribution in [2.45, 2.75) is 46.6 Å². The van der Waals surface area contributed by atoms with Crippen LogP contribution in [-0.4, -0.2) is 30.6 Å². The van der Waals surface area contributed by atoms with Crippen molar-refractivity contribution in [3.63, 3.8) is 0 Å². The van der Waals surface area contributed by atoms with E-state index in [9.17, 15) is 4.79 Å². The van der Waals surface area contributed by atoms with Gasteiger partial charge in [-0.05, 0) is 54.7 Å². The second-order valence-corrected chi connectivity index (χ2v) is 9.15. The Kier molecular flexibility index (Phi) is 5.64. The minimum atomic E-state index is -0.155. The highest BCUT2D eigenvalue weighted by Crippen LogP contribution is 2.22. The highest BCUT2D eigenvalue weighted by Gasteiger charge is 2.17. The maximum atomic E-state index is 13.3. The predicted molar refractivity (Wildman–Crippen MR) is 131 cm³/mol. The summed E-state index contributed by atoms with van der Waals surface area (Å²) in [5.74, 6) is 0.368. The fraction of sp³-hybridized carbons (Fsp3) is 0.292. The molecule has 0 saturated heterocycles. The highest BCUT2D eigenvalue weighted by molar-refractivity contribution is 7.71. The molecule has 164 valence electrons. The average molecular weight is 447 g/mol. The normalized spacial score (nSPS) is 12.2. The van der Waals surface area contributed by atoms with E-state index in [1.54, 1.807) is 18.5 Å². The molecule has 3 aromatic heterocycles. The molecule has 0 saturated carbocycles. The summed E-state index contributed by atoms with van der Waals surface area (Å²) >= 11 is 5.39. The van der Waals surface area contributed by atoms with Crippen LogP contribution in [0, 0.1) is 11.7 Å². The molecule has 3 heterocycles. The van der Waals surface area contributed by atoms with E-state index >= 15 is 0 Å². The van der Waals surface area contributed by atoms with E-state index < -0.39 is 0 Å². The summed E-state index contributed by atoms with van der Waals surface area (Å²) in [7, 11) is 0. The zero-order valence-electron chi connectivity index (χ0n) is 18.9. The van der Waals surface area contributed by atoms with E-state index in [4.69, 9.17) is 12.2 Å². The monoisotopic (exact) mass is 446 g/mol. The number of aryl methyl sites for hydroxylation is 2. The molecule has 0 spiro atoms. The maximum absolute atomic E-state index is 13.3. The Hall–Kier alpha value is -3.39. The third-order valence-electron chi connectivity index (χ3n) is 5.39. The number of aromatic nitrogens is 5. The molecular weight excluding hydrogens is 420 g/mol. The summed E-state index contributed by atoms with van der Waals surface area (Å²) in [5, 5.41) is 12.1. The number of pyridine rings is 2. The summed E-state index contributed by atoms with van der Waals surface area (Å²) in [6, 6.07) is 11.9. The number of fused-ring (bicyclic) bond motifs is 1. The lowest BCUT2D eigenvalue weighted by Crippen LogP contribution is -2.15. The molecule has 7 nitrogen and oxygen atoms in total. The van der Waals surface area contributed by atoms with Crippen molar-refractivity contribution in [1.29, 1.82) is 0 Å².